The van der Waals surface area contributed by atoms with E-state index in [2.05, 4.69) is 17.3 Å². The van der Waals surface area contributed by atoms with Gasteiger partial charge in [0.25, 0.3) is 0 Å². The summed E-state index contributed by atoms with van der Waals surface area (Å²) in [4.78, 5) is 11.5. The number of hydrogen-bond acceptors (Lipinski definition) is 4. The van der Waals surface area contributed by atoms with Crippen molar-refractivity contribution in [2.75, 3.05) is 12.4 Å². The van der Waals surface area contributed by atoms with Crippen molar-refractivity contribution >= 4 is 11.7 Å². The van der Waals surface area contributed by atoms with Crippen LogP contribution < -0.4 is 5.32 Å². The number of unbranched alkanes of at least 4 members (excludes halogenated alkanes) is 1. The number of anilines is 1. The fourth-order valence-corrected chi connectivity index (χ4v) is 1.50. The molecule has 1 rings (SSSR count). The number of esters is 1. The van der Waals surface area contributed by atoms with Gasteiger partial charge in [0.15, 0.2) is 0 Å². The largest absolute Gasteiger partial charge is 0.467 e. The summed E-state index contributed by atoms with van der Waals surface area (Å²) in [6.07, 6.45) is 6.36. The molecule has 1 unspecified atom stereocenters. The summed E-state index contributed by atoms with van der Waals surface area (Å²) in [5, 5.41) is 7.16. The number of aryl methyl sites for hydroxylation is 1. The van der Waals surface area contributed by atoms with Gasteiger partial charge in [0.1, 0.15) is 6.04 Å². The third kappa shape index (κ3) is 3.56. The van der Waals surface area contributed by atoms with E-state index in [4.69, 9.17) is 4.74 Å². The van der Waals surface area contributed by atoms with Gasteiger partial charge < -0.3 is 10.1 Å². The number of ether oxygens (including phenoxy) is 1. The van der Waals surface area contributed by atoms with Gasteiger partial charge in [-0.1, -0.05) is 19.8 Å². The van der Waals surface area contributed by atoms with E-state index < -0.39 is 0 Å². The highest BCUT2D eigenvalue weighted by Gasteiger charge is 2.18. The second kappa shape index (κ2) is 6.15. The highest BCUT2D eigenvalue weighted by molar-refractivity contribution is 5.78. The molecule has 0 aliphatic carbocycles. The molecule has 0 fully saturated rings. The normalized spacial score (nSPS) is 12.2. The fourth-order valence-electron chi connectivity index (χ4n) is 1.50. The van der Waals surface area contributed by atoms with Gasteiger partial charge >= 0.3 is 5.97 Å². The standard InChI is InChI=1S/C11H19N3O2/c1-4-5-6-10(11(15)16-3)13-9-7-12-14(2)8-9/h7-8,10,13H,4-6H2,1-3H3. The molecule has 0 spiro atoms. The van der Waals surface area contributed by atoms with Crippen LogP contribution in [0.2, 0.25) is 0 Å². The number of carbonyl (C=O) groups is 1. The van der Waals surface area contributed by atoms with Crippen molar-refractivity contribution in [2.24, 2.45) is 7.05 Å². The molecule has 0 radical (unpaired) electrons. The molecule has 0 amide bonds. The minimum absolute atomic E-state index is 0.225. The average molecular weight is 225 g/mol. The van der Waals surface area contributed by atoms with Gasteiger partial charge in [0.05, 0.1) is 19.0 Å². The first kappa shape index (κ1) is 12.5. The molecular formula is C11H19N3O2. The van der Waals surface area contributed by atoms with Crippen LogP contribution in [-0.2, 0) is 16.6 Å². The molecule has 0 aliphatic rings. The molecule has 1 aromatic heterocycles. The summed E-state index contributed by atoms with van der Waals surface area (Å²) in [5.41, 5.74) is 0.842. The van der Waals surface area contributed by atoms with Gasteiger partial charge in [-0.05, 0) is 6.42 Å². The first-order chi connectivity index (χ1) is 7.67. The van der Waals surface area contributed by atoms with Crippen LogP contribution in [0.3, 0.4) is 0 Å². The molecule has 0 aromatic carbocycles. The van der Waals surface area contributed by atoms with Crippen molar-refractivity contribution in [3.63, 3.8) is 0 Å². The Bertz CT molecular complexity index is 336. The Morgan fingerprint density at radius 3 is 2.94 bits per heavy atom. The van der Waals surface area contributed by atoms with Crippen molar-refractivity contribution in [1.82, 2.24) is 9.78 Å². The summed E-state index contributed by atoms with van der Waals surface area (Å²) < 4.78 is 6.45. The van der Waals surface area contributed by atoms with Crippen LogP contribution in [0.4, 0.5) is 5.69 Å². The predicted octanol–water partition coefficient (Wildman–Crippen LogP) is 1.56. The molecular weight excluding hydrogens is 206 g/mol. The SMILES string of the molecule is CCCCC(Nc1cnn(C)c1)C(=O)OC. The van der Waals surface area contributed by atoms with Crippen LogP contribution in [0.25, 0.3) is 0 Å². The van der Waals surface area contributed by atoms with Gasteiger partial charge in [-0.25, -0.2) is 4.79 Å². The Hall–Kier alpha value is -1.52. The van der Waals surface area contributed by atoms with Crippen molar-refractivity contribution in [2.45, 2.75) is 32.2 Å². The lowest BCUT2D eigenvalue weighted by Gasteiger charge is -2.15. The zero-order valence-electron chi connectivity index (χ0n) is 10.1. The number of rotatable bonds is 6. The zero-order chi connectivity index (χ0) is 12.0. The average Bonchev–Trinajstić information content (AvgIpc) is 2.69. The molecule has 0 saturated heterocycles. The monoisotopic (exact) mass is 225 g/mol. The van der Waals surface area contributed by atoms with E-state index in [9.17, 15) is 4.79 Å². The van der Waals surface area contributed by atoms with E-state index in [0.717, 1.165) is 24.9 Å². The maximum absolute atomic E-state index is 11.5. The number of carbonyl (C=O) groups excluding carboxylic acids is 1. The van der Waals surface area contributed by atoms with E-state index in [0.29, 0.717) is 0 Å². The third-order valence-electron chi connectivity index (χ3n) is 2.38. The first-order valence-electron chi connectivity index (χ1n) is 5.50. The van der Waals surface area contributed by atoms with Gasteiger partial charge in [0.2, 0.25) is 0 Å². The quantitative estimate of drug-likeness (QED) is 0.746. The summed E-state index contributed by atoms with van der Waals surface area (Å²) in [6.45, 7) is 2.10. The Morgan fingerprint density at radius 2 is 2.44 bits per heavy atom. The number of nitrogens with one attached hydrogen (secondary N) is 1. The third-order valence-corrected chi connectivity index (χ3v) is 2.38. The van der Waals surface area contributed by atoms with E-state index >= 15 is 0 Å². The number of aromatic nitrogens is 2. The molecule has 1 atom stereocenters. The van der Waals surface area contributed by atoms with Crippen LogP contribution in [0, 0.1) is 0 Å². The summed E-state index contributed by atoms with van der Waals surface area (Å²) in [7, 11) is 3.25. The van der Waals surface area contributed by atoms with Crippen molar-refractivity contribution in [3.05, 3.63) is 12.4 Å². The van der Waals surface area contributed by atoms with Gasteiger partial charge in [-0.15, -0.1) is 0 Å². The molecule has 0 saturated carbocycles. The molecule has 1 heterocycles. The molecule has 16 heavy (non-hydrogen) atoms. The van der Waals surface area contributed by atoms with Crippen molar-refractivity contribution in [3.8, 4) is 0 Å². The van der Waals surface area contributed by atoms with Gasteiger partial charge in [0, 0.05) is 13.2 Å². The lowest BCUT2D eigenvalue weighted by atomic mass is 10.1. The number of hydrogen-bond donors (Lipinski definition) is 1. The van der Waals surface area contributed by atoms with Gasteiger partial charge in [-0.3, -0.25) is 4.68 Å². The fraction of sp³-hybridized carbons (Fsp3) is 0.636. The zero-order valence-corrected chi connectivity index (χ0v) is 10.1. The van der Waals surface area contributed by atoms with Crippen LogP contribution in [0.1, 0.15) is 26.2 Å². The minimum Gasteiger partial charge on any atom is -0.467 e. The summed E-state index contributed by atoms with van der Waals surface area (Å²) in [6, 6.07) is -0.283. The maximum Gasteiger partial charge on any atom is 0.328 e. The maximum atomic E-state index is 11.5. The predicted molar refractivity (Wildman–Crippen MR) is 62.2 cm³/mol. The smallest absolute Gasteiger partial charge is 0.328 e. The van der Waals surface area contributed by atoms with E-state index in [-0.39, 0.29) is 12.0 Å². The van der Waals surface area contributed by atoms with Gasteiger partial charge in [-0.2, -0.15) is 5.10 Å². The summed E-state index contributed by atoms with van der Waals surface area (Å²) in [5.74, 6) is -0.225. The Labute approximate surface area is 95.8 Å². The van der Waals surface area contributed by atoms with Crippen molar-refractivity contribution in [1.29, 1.82) is 0 Å². The van der Waals surface area contributed by atoms with Crippen LogP contribution in [0.5, 0.6) is 0 Å². The van der Waals surface area contributed by atoms with Crippen LogP contribution >= 0.6 is 0 Å². The molecule has 1 aromatic rings. The lowest BCUT2D eigenvalue weighted by Crippen LogP contribution is -2.30. The lowest BCUT2D eigenvalue weighted by molar-refractivity contribution is -0.141. The van der Waals surface area contributed by atoms with Crippen LogP contribution in [0.15, 0.2) is 12.4 Å². The number of nitrogens with zero attached hydrogens (tertiary/aromatic N) is 2. The van der Waals surface area contributed by atoms with E-state index in [1.165, 1.54) is 7.11 Å². The second-order valence-electron chi connectivity index (χ2n) is 3.76. The Kier molecular flexibility index (Phi) is 4.82. The Morgan fingerprint density at radius 1 is 1.69 bits per heavy atom. The minimum atomic E-state index is -0.283. The second-order valence-corrected chi connectivity index (χ2v) is 3.76. The molecule has 1 N–H and O–H groups in total. The highest BCUT2D eigenvalue weighted by Crippen LogP contribution is 2.11. The van der Waals surface area contributed by atoms with Crippen LogP contribution in [-0.4, -0.2) is 28.9 Å². The topological polar surface area (TPSA) is 56.2 Å². The first-order valence-corrected chi connectivity index (χ1v) is 5.50. The summed E-state index contributed by atoms with van der Waals surface area (Å²) >= 11 is 0. The molecule has 0 bridgehead atoms. The molecule has 90 valence electrons. The van der Waals surface area contributed by atoms with Crippen molar-refractivity contribution < 1.29 is 9.53 Å². The van der Waals surface area contributed by atoms with E-state index in [1.807, 2.05) is 13.2 Å². The number of methoxy groups -OCH3 is 1. The highest BCUT2D eigenvalue weighted by atomic mass is 16.5. The molecule has 5 heteroatoms. The molecule has 5 nitrogen and oxygen atoms in total. The van der Waals surface area contributed by atoms with E-state index in [1.54, 1.807) is 10.9 Å². The molecule has 0 aliphatic heterocycles. The Balaban J connectivity index is 2.59.